The molecule has 2 nitrogen and oxygen atoms in total. The fourth-order valence-electron chi connectivity index (χ4n) is 1.83. The van der Waals surface area contributed by atoms with Crippen LogP contribution in [0, 0.1) is 6.92 Å². The summed E-state index contributed by atoms with van der Waals surface area (Å²) in [5, 5.41) is 0. The SMILES string of the molecule is COc1cccc(C2CC2N)c1C. The van der Waals surface area contributed by atoms with Gasteiger partial charge in [0.15, 0.2) is 0 Å². The van der Waals surface area contributed by atoms with E-state index in [-0.39, 0.29) is 0 Å². The molecule has 1 fully saturated rings. The van der Waals surface area contributed by atoms with Crippen LogP contribution in [0.15, 0.2) is 18.2 Å². The molecule has 0 heterocycles. The number of methoxy groups -OCH3 is 1. The van der Waals surface area contributed by atoms with Crippen LogP contribution in [0.3, 0.4) is 0 Å². The van der Waals surface area contributed by atoms with Crippen molar-refractivity contribution in [2.24, 2.45) is 5.73 Å². The highest BCUT2D eigenvalue weighted by Crippen LogP contribution is 2.42. The predicted octanol–water partition coefficient (Wildman–Crippen LogP) is 1.82. The zero-order chi connectivity index (χ0) is 9.42. The van der Waals surface area contributed by atoms with E-state index in [9.17, 15) is 0 Å². The van der Waals surface area contributed by atoms with Crippen molar-refractivity contribution in [1.82, 2.24) is 0 Å². The number of ether oxygens (including phenoxy) is 1. The molecule has 1 aromatic carbocycles. The van der Waals surface area contributed by atoms with E-state index in [1.54, 1.807) is 7.11 Å². The van der Waals surface area contributed by atoms with Crippen molar-refractivity contribution in [2.45, 2.75) is 25.3 Å². The van der Waals surface area contributed by atoms with Crippen LogP contribution in [0.5, 0.6) is 5.75 Å². The number of benzene rings is 1. The van der Waals surface area contributed by atoms with Crippen molar-refractivity contribution in [2.75, 3.05) is 7.11 Å². The summed E-state index contributed by atoms with van der Waals surface area (Å²) in [6.45, 7) is 2.10. The molecule has 2 N–H and O–H groups in total. The maximum atomic E-state index is 5.82. The summed E-state index contributed by atoms with van der Waals surface area (Å²) in [6.07, 6.45) is 1.12. The molecule has 0 spiro atoms. The maximum absolute atomic E-state index is 5.82. The van der Waals surface area contributed by atoms with Gasteiger partial charge >= 0.3 is 0 Å². The summed E-state index contributed by atoms with van der Waals surface area (Å²) >= 11 is 0. The Hall–Kier alpha value is -1.02. The van der Waals surface area contributed by atoms with E-state index in [1.165, 1.54) is 11.1 Å². The van der Waals surface area contributed by atoms with Gasteiger partial charge in [-0.3, -0.25) is 0 Å². The lowest BCUT2D eigenvalue weighted by Crippen LogP contribution is -2.02. The molecule has 1 aliphatic rings. The summed E-state index contributed by atoms with van der Waals surface area (Å²) in [7, 11) is 1.71. The van der Waals surface area contributed by atoms with Gasteiger partial charge in [0, 0.05) is 12.0 Å². The van der Waals surface area contributed by atoms with E-state index in [2.05, 4.69) is 13.0 Å². The molecule has 0 aromatic heterocycles. The molecule has 2 rings (SSSR count). The van der Waals surface area contributed by atoms with Crippen molar-refractivity contribution in [3.63, 3.8) is 0 Å². The second-order valence-corrected chi connectivity index (χ2v) is 3.68. The molecule has 13 heavy (non-hydrogen) atoms. The predicted molar refractivity (Wildman–Crippen MR) is 53.1 cm³/mol. The first-order valence-electron chi connectivity index (χ1n) is 4.63. The molecule has 1 aromatic rings. The molecule has 0 aliphatic heterocycles. The monoisotopic (exact) mass is 177 g/mol. The molecule has 2 atom stereocenters. The molecule has 70 valence electrons. The summed E-state index contributed by atoms with van der Waals surface area (Å²) in [6, 6.07) is 6.54. The maximum Gasteiger partial charge on any atom is 0.122 e. The molecule has 0 bridgehead atoms. The largest absolute Gasteiger partial charge is 0.496 e. The Morgan fingerprint density at radius 1 is 1.46 bits per heavy atom. The van der Waals surface area contributed by atoms with Gasteiger partial charge in [0.05, 0.1) is 7.11 Å². The van der Waals surface area contributed by atoms with E-state index in [0.29, 0.717) is 12.0 Å². The summed E-state index contributed by atoms with van der Waals surface area (Å²) in [4.78, 5) is 0. The van der Waals surface area contributed by atoms with Crippen LogP contribution in [0.4, 0.5) is 0 Å². The molecule has 0 amide bonds. The van der Waals surface area contributed by atoms with E-state index < -0.39 is 0 Å². The highest BCUT2D eigenvalue weighted by Gasteiger charge is 2.36. The normalized spacial score (nSPS) is 25.8. The molecule has 0 saturated heterocycles. The molecular formula is C11H15NO. The molecule has 1 saturated carbocycles. The van der Waals surface area contributed by atoms with Gasteiger partial charge in [-0.1, -0.05) is 12.1 Å². The third kappa shape index (κ3) is 1.42. The van der Waals surface area contributed by atoms with Crippen LogP contribution < -0.4 is 10.5 Å². The third-order valence-corrected chi connectivity index (χ3v) is 2.79. The Balaban J connectivity index is 2.35. The molecule has 0 radical (unpaired) electrons. The first kappa shape index (κ1) is 8.57. The fourth-order valence-corrected chi connectivity index (χ4v) is 1.83. The van der Waals surface area contributed by atoms with Crippen LogP contribution in [0.1, 0.15) is 23.5 Å². The van der Waals surface area contributed by atoms with Gasteiger partial charge in [0.25, 0.3) is 0 Å². The smallest absolute Gasteiger partial charge is 0.122 e. The van der Waals surface area contributed by atoms with Crippen molar-refractivity contribution < 1.29 is 4.74 Å². The van der Waals surface area contributed by atoms with Crippen LogP contribution in [-0.4, -0.2) is 13.2 Å². The zero-order valence-electron chi connectivity index (χ0n) is 8.08. The Morgan fingerprint density at radius 3 is 2.69 bits per heavy atom. The third-order valence-electron chi connectivity index (χ3n) is 2.79. The Labute approximate surface area is 78.7 Å². The van der Waals surface area contributed by atoms with Crippen molar-refractivity contribution in [1.29, 1.82) is 0 Å². The van der Waals surface area contributed by atoms with Crippen molar-refractivity contribution in [3.8, 4) is 5.75 Å². The quantitative estimate of drug-likeness (QED) is 0.747. The number of hydrogen-bond acceptors (Lipinski definition) is 2. The van der Waals surface area contributed by atoms with Crippen molar-refractivity contribution in [3.05, 3.63) is 29.3 Å². The van der Waals surface area contributed by atoms with E-state index in [1.807, 2.05) is 12.1 Å². The van der Waals surface area contributed by atoms with E-state index >= 15 is 0 Å². The second kappa shape index (κ2) is 3.04. The van der Waals surface area contributed by atoms with E-state index in [4.69, 9.17) is 10.5 Å². The van der Waals surface area contributed by atoms with Crippen LogP contribution in [-0.2, 0) is 0 Å². The molecule has 2 heteroatoms. The zero-order valence-corrected chi connectivity index (χ0v) is 8.08. The highest BCUT2D eigenvalue weighted by atomic mass is 16.5. The lowest BCUT2D eigenvalue weighted by atomic mass is 10.0. The van der Waals surface area contributed by atoms with Crippen molar-refractivity contribution >= 4 is 0 Å². The van der Waals surface area contributed by atoms with Crippen LogP contribution in [0.25, 0.3) is 0 Å². The van der Waals surface area contributed by atoms with Gasteiger partial charge in [-0.15, -0.1) is 0 Å². The Kier molecular flexibility index (Phi) is 2.00. The molecular weight excluding hydrogens is 162 g/mol. The number of hydrogen-bond donors (Lipinski definition) is 1. The summed E-state index contributed by atoms with van der Waals surface area (Å²) in [5.74, 6) is 1.53. The minimum Gasteiger partial charge on any atom is -0.496 e. The van der Waals surface area contributed by atoms with Gasteiger partial charge < -0.3 is 10.5 Å². The summed E-state index contributed by atoms with van der Waals surface area (Å²) in [5.41, 5.74) is 8.41. The van der Waals surface area contributed by atoms with Gasteiger partial charge in [0.1, 0.15) is 5.75 Å². The van der Waals surface area contributed by atoms with Gasteiger partial charge in [-0.2, -0.15) is 0 Å². The lowest BCUT2D eigenvalue weighted by molar-refractivity contribution is 0.411. The number of rotatable bonds is 2. The Morgan fingerprint density at radius 2 is 2.15 bits per heavy atom. The topological polar surface area (TPSA) is 35.2 Å². The van der Waals surface area contributed by atoms with Gasteiger partial charge in [-0.05, 0) is 30.5 Å². The number of nitrogens with two attached hydrogens (primary N) is 1. The average molecular weight is 177 g/mol. The molecule has 1 aliphatic carbocycles. The van der Waals surface area contributed by atoms with Crippen LogP contribution in [0.2, 0.25) is 0 Å². The standard InChI is InChI=1S/C11H15NO/c1-7-8(9-6-10(9)12)4-3-5-11(7)13-2/h3-5,9-10H,6,12H2,1-2H3. The van der Waals surface area contributed by atoms with Gasteiger partial charge in [-0.25, -0.2) is 0 Å². The first-order chi connectivity index (χ1) is 6.24. The fraction of sp³-hybridized carbons (Fsp3) is 0.455. The average Bonchev–Trinajstić information content (AvgIpc) is 2.83. The minimum atomic E-state index is 0.366. The van der Waals surface area contributed by atoms with Gasteiger partial charge in [0.2, 0.25) is 0 Å². The molecule has 2 unspecified atom stereocenters. The highest BCUT2D eigenvalue weighted by molar-refractivity contribution is 5.43. The minimum absolute atomic E-state index is 0.366. The van der Waals surface area contributed by atoms with Crippen LogP contribution >= 0.6 is 0 Å². The lowest BCUT2D eigenvalue weighted by Gasteiger charge is -2.09. The van der Waals surface area contributed by atoms with E-state index in [0.717, 1.165) is 12.2 Å². The second-order valence-electron chi connectivity index (χ2n) is 3.68. The first-order valence-corrected chi connectivity index (χ1v) is 4.63. The summed E-state index contributed by atoms with van der Waals surface area (Å²) < 4.78 is 5.26. The Bertz CT molecular complexity index is 322.